The van der Waals surface area contributed by atoms with Crippen LogP contribution >= 0.6 is 11.6 Å². The van der Waals surface area contributed by atoms with Crippen molar-refractivity contribution < 1.29 is 4.74 Å². The average molecular weight is 294 g/mol. The molecule has 0 amide bonds. The van der Waals surface area contributed by atoms with Crippen LogP contribution in [0.5, 0.6) is 0 Å². The summed E-state index contributed by atoms with van der Waals surface area (Å²) in [5.74, 6) is 0.585. The number of ether oxygens (including phenoxy) is 1. The summed E-state index contributed by atoms with van der Waals surface area (Å²) in [6.07, 6.45) is 8.15. The maximum Gasteiger partial charge on any atom is 0.0708 e. The Labute approximate surface area is 126 Å². The molecular weight excluding hydrogens is 270 g/mol. The Hall–Kier alpha value is -0.570. The van der Waals surface area contributed by atoms with Crippen molar-refractivity contribution in [1.82, 2.24) is 5.32 Å². The van der Waals surface area contributed by atoms with E-state index in [9.17, 15) is 0 Å². The largest absolute Gasteiger partial charge is 0.370 e. The van der Waals surface area contributed by atoms with Crippen molar-refractivity contribution >= 4 is 11.6 Å². The Morgan fingerprint density at radius 3 is 2.80 bits per heavy atom. The van der Waals surface area contributed by atoms with Gasteiger partial charge in [-0.3, -0.25) is 0 Å². The first-order valence-electron chi connectivity index (χ1n) is 7.82. The summed E-state index contributed by atoms with van der Waals surface area (Å²) >= 11 is 5.87. The van der Waals surface area contributed by atoms with Gasteiger partial charge in [0.15, 0.2) is 0 Å². The molecule has 1 aromatic rings. The van der Waals surface area contributed by atoms with Crippen molar-refractivity contribution in [2.45, 2.75) is 62.7 Å². The van der Waals surface area contributed by atoms with Crippen molar-refractivity contribution in [3.05, 3.63) is 35.4 Å². The summed E-state index contributed by atoms with van der Waals surface area (Å²) in [6, 6.07) is 8.47. The van der Waals surface area contributed by atoms with Gasteiger partial charge in [-0.15, -0.1) is 11.6 Å². The SMILES string of the molecule is ClCc1cccc(CNCC2CCC3(CCCC3)O2)c1. The van der Waals surface area contributed by atoms with Gasteiger partial charge in [0.1, 0.15) is 0 Å². The third-order valence-electron chi connectivity index (χ3n) is 4.70. The average Bonchev–Trinajstić information content (AvgIpc) is 3.10. The van der Waals surface area contributed by atoms with Crippen LogP contribution in [0.4, 0.5) is 0 Å². The van der Waals surface area contributed by atoms with E-state index >= 15 is 0 Å². The summed E-state index contributed by atoms with van der Waals surface area (Å²) in [7, 11) is 0. The van der Waals surface area contributed by atoms with Crippen molar-refractivity contribution in [3.8, 4) is 0 Å². The van der Waals surface area contributed by atoms with Gasteiger partial charge < -0.3 is 10.1 Å². The number of hydrogen-bond acceptors (Lipinski definition) is 2. The van der Waals surface area contributed by atoms with Crippen LogP contribution in [0.1, 0.15) is 49.7 Å². The van der Waals surface area contributed by atoms with E-state index in [4.69, 9.17) is 16.3 Å². The van der Waals surface area contributed by atoms with Gasteiger partial charge in [-0.25, -0.2) is 0 Å². The molecule has 20 heavy (non-hydrogen) atoms. The second kappa shape index (κ2) is 6.46. The molecule has 3 heteroatoms. The van der Waals surface area contributed by atoms with Crippen LogP contribution in [0.15, 0.2) is 24.3 Å². The van der Waals surface area contributed by atoms with Crippen molar-refractivity contribution in [1.29, 1.82) is 0 Å². The van der Waals surface area contributed by atoms with Crippen LogP contribution in [0, 0.1) is 0 Å². The fraction of sp³-hybridized carbons (Fsp3) is 0.647. The van der Waals surface area contributed by atoms with E-state index in [1.807, 2.05) is 0 Å². The minimum absolute atomic E-state index is 0.255. The Balaban J connectivity index is 1.44. The molecule has 1 spiro atoms. The van der Waals surface area contributed by atoms with Gasteiger partial charge in [-0.05, 0) is 36.8 Å². The van der Waals surface area contributed by atoms with Gasteiger partial charge in [0.25, 0.3) is 0 Å². The number of alkyl halides is 1. The standard InChI is InChI=1S/C17H24ClNO/c18-11-14-4-3-5-15(10-14)12-19-13-16-6-9-17(20-16)7-1-2-8-17/h3-5,10,16,19H,1-2,6-9,11-13H2. The Bertz CT molecular complexity index is 442. The number of nitrogens with one attached hydrogen (secondary N) is 1. The predicted octanol–water partition coefficient (Wildman–Crippen LogP) is 4.01. The first-order valence-corrected chi connectivity index (χ1v) is 8.35. The Morgan fingerprint density at radius 2 is 2.00 bits per heavy atom. The summed E-state index contributed by atoms with van der Waals surface area (Å²) in [4.78, 5) is 0. The van der Waals surface area contributed by atoms with Gasteiger partial charge in [-0.1, -0.05) is 37.1 Å². The van der Waals surface area contributed by atoms with Crippen molar-refractivity contribution in [2.75, 3.05) is 6.54 Å². The second-order valence-corrected chi connectivity index (χ2v) is 6.52. The fourth-order valence-electron chi connectivity index (χ4n) is 3.63. The highest BCUT2D eigenvalue weighted by molar-refractivity contribution is 6.17. The van der Waals surface area contributed by atoms with E-state index in [-0.39, 0.29) is 5.60 Å². The van der Waals surface area contributed by atoms with E-state index in [0.29, 0.717) is 12.0 Å². The number of hydrogen-bond donors (Lipinski definition) is 1. The maximum atomic E-state index is 6.31. The first kappa shape index (κ1) is 14.4. The number of halogens is 1. The van der Waals surface area contributed by atoms with Gasteiger partial charge in [0.05, 0.1) is 11.7 Å². The monoisotopic (exact) mass is 293 g/mol. The summed E-state index contributed by atoms with van der Waals surface area (Å²) in [6.45, 7) is 1.87. The molecule has 1 N–H and O–H groups in total. The lowest BCUT2D eigenvalue weighted by Gasteiger charge is -2.24. The minimum atomic E-state index is 0.255. The summed E-state index contributed by atoms with van der Waals surface area (Å²) in [5.41, 5.74) is 2.75. The van der Waals surface area contributed by atoms with Gasteiger partial charge in [-0.2, -0.15) is 0 Å². The van der Waals surface area contributed by atoms with Crippen LogP contribution < -0.4 is 5.32 Å². The summed E-state index contributed by atoms with van der Waals surface area (Å²) in [5, 5.41) is 3.53. The molecule has 2 aliphatic rings. The maximum absolute atomic E-state index is 6.31. The molecule has 1 unspecified atom stereocenters. The quantitative estimate of drug-likeness (QED) is 0.828. The Morgan fingerprint density at radius 1 is 1.20 bits per heavy atom. The van der Waals surface area contributed by atoms with Crippen LogP contribution in [0.2, 0.25) is 0 Å². The molecule has 110 valence electrons. The minimum Gasteiger partial charge on any atom is -0.370 e. The smallest absolute Gasteiger partial charge is 0.0708 e. The molecule has 1 saturated heterocycles. The lowest BCUT2D eigenvalue weighted by Crippen LogP contribution is -2.30. The zero-order chi connectivity index (χ0) is 13.8. The number of rotatable bonds is 5. The van der Waals surface area contributed by atoms with E-state index in [1.165, 1.54) is 49.7 Å². The van der Waals surface area contributed by atoms with Crippen LogP contribution in [-0.4, -0.2) is 18.2 Å². The molecule has 1 heterocycles. The van der Waals surface area contributed by atoms with Gasteiger partial charge in [0.2, 0.25) is 0 Å². The number of benzene rings is 1. The Kier molecular flexibility index (Phi) is 4.65. The third kappa shape index (κ3) is 3.36. The molecule has 0 radical (unpaired) electrons. The summed E-state index contributed by atoms with van der Waals surface area (Å²) < 4.78 is 6.31. The molecule has 2 nitrogen and oxygen atoms in total. The normalized spacial score (nSPS) is 24.6. The topological polar surface area (TPSA) is 21.3 Å². The molecule has 3 rings (SSSR count). The molecule has 1 aromatic carbocycles. The molecular formula is C17H24ClNO. The molecule has 0 aromatic heterocycles. The van der Waals surface area contributed by atoms with E-state index in [2.05, 4.69) is 29.6 Å². The highest BCUT2D eigenvalue weighted by Gasteiger charge is 2.41. The van der Waals surface area contributed by atoms with E-state index in [1.54, 1.807) is 0 Å². The highest BCUT2D eigenvalue weighted by Crippen LogP contribution is 2.43. The molecule has 1 atom stereocenters. The molecule has 1 aliphatic heterocycles. The first-order chi connectivity index (χ1) is 9.80. The van der Waals surface area contributed by atoms with E-state index in [0.717, 1.165) is 13.1 Å². The van der Waals surface area contributed by atoms with Crippen LogP contribution in [0.25, 0.3) is 0 Å². The van der Waals surface area contributed by atoms with Crippen molar-refractivity contribution in [3.63, 3.8) is 0 Å². The van der Waals surface area contributed by atoms with Gasteiger partial charge >= 0.3 is 0 Å². The molecule has 1 aliphatic carbocycles. The predicted molar refractivity (Wildman–Crippen MR) is 83.0 cm³/mol. The van der Waals surface area contributed by atoms with E-state index < -0.39 is 0 Å². The lowest BCUT2D eigenvalue weighted by atomic mass is 9.98. The molecule has 0 bridgehead atoms. The lowest BCUT2D eigenvalue weighted by molar-refractivity contribution is -0.0351. The zero-order valence-corrected chi connectivity index (χ0v) is 12.8. The van der Waals surface area contributed by atoms with Gasteiger partial charge in [0, 0.05) is 19.0 Å². The molecule has 1 saturated carbocycles. The third-order valence-corrected chi connectivity index (χ3v) is 5.01. The van der Waals surface area contributed by atoms with Crippen LogP contribution in [-0.2, 0) is 17.2 Å². The second-order valence-electron chi connectivity index (χ2n) is 6.25. The molecule has 2 fully saturated rings. The van der Waals surface area contributed by atoms with Crippen molar-refractivity contribution in [2.24, 2.45) is 0 Å². The highest BCUT2D eigenvalue weighted by atomic mass is 35.5. The van der Waals surface area contributed by atoms with Crippen LogP contribution in [0.3, 0.4) is 0 Å². The fourth-order valence-corrected chi connectivity index (χ4v) is 3.79. The zero-order valence-electron chi connectivity index (χ0n) is 12.0.